The minimum absolute atomic E-state index is 0.142. The first kappa shape index (κ1) is 28.7. The maximum Gasteiger partial charge on any atom is 0.335 e. The molecule has 10 heteroatoms. The van der Waals surface area contributed by atoms with Crippen LogP contribution in [0.3, 0.4) is 0 Å². The van der Waals surface area contributed by atoms with Crippen LogP contribution in [-0.2, 0) is 22.8 Å². The van der Waals surface area contributed by atoms with Crippen molar-refractivity contribution in [3.05, 3.63) is 123 Å². The van der Waals surface area contributed by atoms with Crippen LogP contribution in [0.5, 0.6) is 17.2 Å². The van der Waals surface area contributed by atoms with Crippen molar-refractivity contribution in [2.45, 2.75) is 13.2 Å². The third-order valence-corrected chi connectivity index (χ3v) is 6.80. The quantitative estimate of drug-likeness (QED) is 0.167. The summed E-state index contributed by atoms with van der Waals surface area (Å²) in [6.07, 6.45) is 1.34. The first-order chi connectivity index (χ1) is 20.3. The van der Waals surface area contributed by atoms with Gasteiger partial charge in [0.05, 0.1) is 12.8 Å². The Bertz CT molecular complexity index is 1670. The summed E-state index contributed by atoms with van der Waals surface area (Å²) in [7, 11) is 1.56. The molecule has 0 aliphatic carbocycles. The fraction of sp³-hybridized carbons (Fsp3) is 0.0938. The highest BCUT2D eigenvalue weighted by Crippen LogP contribution is 2.32. The van der Waals surface area contributed by atoms with Gasteiger partial charge in [0.25, 0.3) is 11.8 Å². The third-order valence-electron chi connectivity index (χ3n) is 6.32. The standard InChI is InChI=1S/C32H24Cl2N2O6/c1-40-29-15-21(7-13-28(29)42-18-20-5-3-2-4-6-20)19-41-27-14-10-24(34)16-22(27)17-26-30(37)35-32(39)36(31(26)38)25-11-8-23(33)9-12-25/h2-17H,18-19H2,1H3,(H,35,37,39)/b26-17-. The van der Waals surface area contributed by atoms with Crippen molar-refractivity contribution >= 4 is 52.8 Å². The lowest BCUT2D eigenvalue weighted by Crippen LogP contribution is -2.54. The van der Waals surface area contributed by atoms with E-state index in [2.05, 4.69) is 5.32 Å². The number of hydrogen-bond acceptors (Lipinski definition) is 6. The molecule has 1 heterocycles. The van der Waals surface area contributed by atoms with E-state index in [-0.39, 0.29) is 17.9 Å². The summed E-state index contributed by atoms with van der Waals surface area (Å²) in [6, 6.07) is 25.3. The molecule has 42 heavy (non-hydrogen) atoms. The van der Waals surface area contributed by atoms with Gasteiger partial charge in [0.2, 0.25) is 0 Å². The number of anilines is 1. The average Bonchev–Trinajstić information content (AvgIpc) is 2.99. The zero-order valence-electron chi connectivity index (χ0n) is 22.3. The average molecular weight is 603 g/mol. The fourth-order valence-electron chi connectivity index (χ4n) is 4.22. The number of benzene rings is 4. The topological polar surface area (TPSA) is 94.2 Å². The van der Waals surface area contributed by atoms with Crippen LogP contribution < -0.4 is 24.4 Å². The number of carbonyl (C=O) groups is 3. The number of imide groups is 2. The SMILES string of the molecule is COc1cc(COc2ccc(Cl)cc2/C=C2/C(=O)NC(=O)N(c3ccc(Cl)cc3)C2=O)ccc1OCc1ccccc1. The second-order valence-corrected chi connectivity index (χ2v) is 10.0. The Hall–Kier alpha value is -4.79. The molecule has 1 saturated heterocycles. The smallest absolute Gasteiger partial charge is 0.335 e. The maximum absolute atomic E-state index is 13.3. The summed E-state index contributed by atoms with van der Waals surface area (Å²) in [5.74, 6) is -0.138. The Kier molecular flexibility index (Phi) is 8.76. The van der Waals surface area contributed by atoms with E-state index in [1.54, 1.807) is 31.4 Å². The Labute approximate surface area is 252 Å². The highest BCUT2D eigenvalue weighted by atomic mass is 35.5. The number of hydrogen-bond donors (Lipinski definition) is 1. The number of barbiturate groups is 1. The van der Waals surface area contributed by atoms with Gasteiger partial charge in [-0.25, -0.2) is 9.69 Å². The second-order valence-electron chi connectivity index (χ2n) is 9.16. The molecule has 5 rings (SSSR count). The van der Waals surface area contributed by atoms with Crippen LogP contribution in [0.2, 0.25) is 10.0 Å². The summed E-state index contributed by atoms with van der Waals surface area (Å²) >= 11 is 12.2. The van der Waals surface area contributed by atoms with Crippen LogP contribution in [0, 0.1) is 0 Å². The molecule has 0 aromatic heterocycles. The van der Waals surface area contributed by atoms with Gasteiger partial charge in [-0.2, -0.15) is 0 Å². The number of urea groups is 1. The van der Waals surface area contributed by atoms with E-state index < -0.39 is 17.8 Å². The molecular weight excluding hydrogens is 579 g/mol. The highest BCUT2D eigenvalue weighted by molar-refractivity contribution is 6.39. The summed E-state index contributed by atoms with van der Waals surface area (Å²) < 4.78 is 17.5. The predicted molar refractivity (Wildman–Crippen MR) is 160 cm³/mol. The zero-order valence-corrected chi connectivity index (χ0v) is 23.8. The molecule has 1 N–H and O–H groups in total. The monoisotopic (exact) mass is 602 g/mol. The van der Waals surface area contributed by atoms with Gasteiger partial charge in [-0.3, -0.25) is 14.9 Å². The molecule has 0 radical (unpaired) electrons. The van der Waals surface area contributed by atoms with E-state index in [0.717, 1.165) is 16.0 Å². The Morgan fingerprint density at radius 1 is 0.738 bits per heavy atom. The molecule has 4 amide bonds. The number of halogens is 2. The number of nitrogens with one attached hydrogen (secondary N) is 1. The van der Waals surface area contributed by atoms with E-state index in [1.165, 1.54) is 30.3 Å². The van der Waals surface area contributed by atoms with Crippen molar-refractivity contribution in [3.63, 3.8) is 0 Å². The highest BCUT2D eigenvalue weighted by Gasteiger charge is 2.37. The van der Waals surface area contributed by atoms with Gasteiger partial charge in [0, 0.05) is 15.6 Å². The van der Waals surface area contributed by atoms with Gasteiger partial charge < -0.3 is 14.2 Å². The fourth-order valence-corrected chi connectivity index (χ4v) is 4.53. The van der Waals surface area contributed by atoms with E-state index in [1.807, 2.05) is 42.5 Å². The molecule has 4 aromatic carbocycles. The minimum atomic E-state index is -0.864. The lowest BCUT2D eigenvalue weighted by molar-refractivity contribution is -0.122. The van der Waals surface area contributed by atoms with Gasteiger partial charge >= 0.3 is 6.03 Å². The normalized spacial score (nSPS) is 14.1. The summed E-state index contributed by atoms with van der Waals surface area (Å²) in [5, 5.41) is 3.00. The summed E-state index contributed by atoms with van der Waals surface area (Å²) in [6.45, 7) is 0.534. The lowest BCUT2D eigenvalue weighted by Gasteiger charge is -2.26. The van der Waals surface area contributed by atoms with Gasteiger partial charge in [-0.05, 0) is 71.8 Å². The van der Waals surface area contributed by atoms with Crippen molar-refractivity contribution in [3.8, 4) is 17.2 Å². The first-order valence-electron chi connectivity index (χ1n) is 12.8. The number of rotatable bonds is 9. The molecule has 0 atom stereocenters. The van der Waals surface area contributed by atoms with Crippen LogP contribution in [0.15, 0.2) is 96.6 Å². The maximum atomic E-state index is 13.3. The van der Waals surface area contributed by atoms with E-state index in [0.29, 0.717) is 39.5 Å². The molecule has 1 aliphatic heterocycles. The van der Waals surface area contributed by atoms with Crippen LogP contribution >= 0.6 is 23.2 Å². The Morgan fingerprint density at radius 3 is 2.14 bits per heavy atom. The van der Waals surface area contributed by atoms with Crippen molar-refractivity contribution in [1.29, 1.82) is 0 Å². The molecule has 212 valence electrons. The van der Waals surface area contributed by atoms with Crippen molar-refractivity contribution < 1.29 is 28.6 Å². The van der Waals surface area contributed by atoms with Gasteiger partial charge in [-0.15, -0.1) is 0 Å². The predicted octanol–water partition coefficient (Wildman–Crippen LogP) is 6.83. The number of nitrogens with zero attached hydrogens (tertiary/aromatic N) is 1. The molecule has 0 bridgehead atoms. The minimum Gasteiger partial charge on any atom is -0.493 e. The van der Waals surface area contributed by atoms with Crippen molar-refractivity contribution in [2.24, 2.45) is 0 Å². The van der Waals surface area contributed by atoms with Gasteiger partial charge in [-0.1, -0.05) is 59.6 Å². The molecule has 4 aromatic rings. The largest absolute Gasteiger partial charge is 0.493 e. The molecular formula is C32H24Cl2N2O6. The Balaban J connectivity index is 1.36. The number of carbonyl (C=O) groups excluding carboxylic acids is 3. The van der Waals surface area contributed by atoms with Crippen LogP contribution in [-0.4, -0.2) is 25.0 Å². The molecule has 0 saturated carbocycles. The van der Waals surface area contributed by atoms with Crippen molar-refractivity contribution in [2.75, 3.05) is 12.0 Å². The Morgan fingerprint density at radius 2 is 1.40 bits per heavy atom. The molecule has 8 nitrogen and oxygen atoms in total. The van der Waals surface area contributed by atoms with Crippen molar-refractivity contribution in [1.82, 2.24) is 5.32 Å². The van der Waals surface area contributed by atoms with E-state index in [4.69, 9.17) is 37.4 Å². The van der Waals surface area contributed by atoms with E-state index in [9.17, 15) is 14.4 Å². The molecule has 0 spiro atoms. The van der Waals surface area contributed by atoms with Gasteiger partial charge in [0.15, 0.2) is 11.5 Å². The second kappa shape index (κ2) is 12.8. The van der Waals surface area contributed by atoms with Crippen LogP contribution in [0.1, 0.15) is 16.7 Å². The third kappa shape index (κ3) is 6.57. The van der Waals surface area contributed by atoms with Crippen LogP contribution in [0.25, 0.3) is 6.08 Å². The summed E-state index contributed by atoms with van der Waals surface area (Å²) in [4.78, 5) is 39.4. The molecule has 0 unspecified atom stereocenters. The number of ether oxygens (including phenoxy) is 3. The molecule has 1 fully saturated rings. The zero-order chi connectivity index (χ0) is 29.6. The van der Waals surface area contributed by atoms with Crippen LogP contribution in [0.4, 0.5) is 10.5 Å². The lowest BCUT2D eigenvalue weighted by atomic mass is 10.1. The number of amides is 4. The first-order valence-corrected chi connectivity index (χ1v) is 13.5. The summed E-state index contributed by atoms with van der Waals surface area (Å²) in [5.41, 5.74) is 2.19. The molecule has 1 aliphatic rings. The number of methoxy groups -OCH3 is 1. The van der Waals surface area contributed by atoms with E-state index >= 15 is 0 Å². The van der Waals surface area contributed by atoms with Gasteiger partial charge in [0.1, 0.15) is 24.5 Å².